The highest BCUT2D eigenvalue weighted by molar-refractivity contribution is 5.91. The number of nitrogens with zero attached hydrogens (tertiary/aromatic N) is 2. The van der Waals surface area contributed by atoms with Gasteiger partial charge in [0.1, 0.15) is 5.75 Å². The van der Waals surface area contributed by atoms with E-state index in [0.717, 1.165) is 5.56 Å². The summed E-state index contributed by atoms with van der Waals surface area (Å²) >= 11 is 0. The number of pyridine rings is 1. The second-order valence-corrected chi connectivity index (χ2v) is 5.08. The van der Waals surface area contributed by atoms with Gasteiger partial charge in [-0.05, 0) is 6.07 Å². The van der Waals surface area contributed by atoms with Crippen molar-refractivity contribution in [2.24, 2.45) is 0 Å². The van der Waals surface area contributed by atoms with Crippen LogP contribution in [0.4, 0.5) is 0 Å². The molecule has 1 amide bonds. The molecule has 0 N–H and O–H groups in total. The molecule has 2 aromatic rings. The summed E-state index contributed by atoms with van der Waals surface area (Å²) in [4.78, 5) is 25.4. The quantitative estimate of drug-likeness (QED) is 0.451. The van der Waals surface area contributed by atoms with Gasteiger partial charge in [-0.2, -0.15) is 4.73 Å². The Labute approximate surface area is 139 Å². The smallest absolute Gasteiger partial charge is 0.339 e. The van der Waals surface area contributed by atoms with Gasteiger partial charge < -0.3 is 19.6 Å². The number of hydrogen-bond acceptors (Lipinski definition) is 5. The zero-order valence-electron chi connectivity index (χ0n) is 13.5. The molecule has 0 radical (unpaired) electrons. The van der Waals surface area contributed by atoms with Crippen molar-refractivity contribution in [3.63, 3.8) is 0 Å². The third-order valence-corrected chi connectivity index (χ3v) is 3.39. The molecule has 1 heterocycles. The number of carbonyl (C=O) groups excluding carboxylic acids is 2. The zero-order valence-corrected chi connectivity index (χ0v) is 13.5. The molecule has 0 unspecified atom stereocenters. The summed E-state index contributed by atoms with van der Waals surface area (Å²) < 4.78 is 10.8. The first-order valence-electron chi connectivity index (χ1n) is 7.23. The van der Waals surface area contributed by atoms with Crippen LogP contribution in [0.1, 0.15) is 15.9 Å². The van der Waals surface area contributed by atoms with Crippen molar-refractivity contribution in [3.8, 4) is 5.75 Å². The molecule has 1 aromatic heterocycles. The number of esters is 1. The Morgan fingerprint density at radius 3 is 2.50 bits per heavy atom. The van der Waals surface area contributed by atoms with E-state index in [0.29, 0.717) is 17.0 Å². The largest absolute Gasteiger partial charge is 0.619 e. The molecule has 0 bridgehead atoms. The molecule has 0 saturated carbocycles. The highest BCUT2D eigenvalue weighted by Gasteiger charge is 2.15. The molecule has 0 aliphatic heterocycles. The average Bonchev–Trinajstić information content (AvgIpc) is 2.60. The van der Waals surface area contributed by atoms with Crippen LogP contribution in [0.2, 0.25) is 0 Å². The first kappa shape index (κ1) is 17.3. The Balaban J connectivity index is 1.89. The van der Waals surface area contributed by atoms with Gasteiger partial charge >= 0.3 is 5.97 Å². The molecular formula is C17H18N2O5. The van der Waals surface area contributed by atoms with Gasteiger partial charge in [-0.3, -0.25) is 4.79 Å². The summed E-state index contributed by atoms with van der Waals surface area (Å²) in [7, 11) is 3.18. The van der Waals surface area contributed by atoms with Gasteiger partial charge in [0, 0.05) is 31.3 Å². The maximum absolute atomic E-state index is 12.1. The minimum absolute atomic E-state index is 0.210. The van der Waals surface area contributed by atoms with Crippen LogP contribution in [-0.2, 0) is 16.1 Å². The summed E-state index contributed by atoms with van der Waals surface area (Å²) in [6, 6.07) is 10.0. The number of aromatic nitrogens is 1. The van der Waals surface area contributed by atoms with E-state index in [1.165, 1.54) is 29.4 Å². The molecule has 126 valence electrons. The van der Waals surface area contributed by atoms with Gasteiger partial charge in [0.25, 0.3) is 5.91 Å². The summed E-state index contributed by atoms with van der Waals surface area (Å²) in [5.74, 6) is -0.317. The molecule has 0 aliphatic rings. The number of carbonyl (C=O) groups is 2. The summed E-state index contributed by atoms with van der Waals surface area (Å²) in [5.41, 5.74) is 1.06. The van der Waals surface area contributed by atoms with Crippen molar-refractivity contribution in [1.82, 2.24) is 4.90 Å². The molecule has 0 saturated heterocycles. The molecule has 7 heteroatoms. The van der Waals surface area contributed by atoms with Gasteiger partial charge in [-0.25, -0.2) is 4.79 Å². The van der Waals surface area contributed by atoms with Crippen molar-refractivity contribution in [2.45, 2.75) is 6.54 Å². The lowest BCUT2D eigenvalue weighted by Crippen LogP contribution is -2.31. The maximum atomic E-state index is 12.1. The van der Waals surface area contributed by atoms with E-state index in [9.17, 15) is 14.8 Å². The first-order chi connectivity index (χ1) is 11.5. The number of methoxy groups -OCH3 is 1. The van der Waals surface area contributed by atoms with Crippen molar-refractivity contribution >= 4 is 11.9 Å². The summed E-state index contributed by atoms with van der Waals surface area (Å²) in [6.07, 6.45) is 2.37. The molecule has 7 nitrogen and oxygen atoms in total. The lowest BCUT2D eigenvalue weighted by atomic mass is 10.2. The van der Waals surface area contributed by atoms with Crippen molar-refractivity contribution in [3.05, 3.63) is 65.1 Å². The van der Waals surface area contributed by atoms with Gasteiger partial charge in [-0.15, -0.1) is 0 Å². The fourth-order valence-corrected chi connectivity index (χ4v) is 2.05. The van der Waals surface area contributed by atoms with Crippen LogP contribution in [0.3, 0.4) is 0 Å². The van der Waals surface area contributed by atoms with Gasteiger partial charge in [-0.1, -0.05) is 18.2 Å². The predicted octanol–water partition coefficient (Wildman–Crippen LogP) is 1.14. The lowest BCUT2D eigenvalue weighted by Gasteiger charge is -2.18. The molecule has 0 aliphatic carbocycles. The van der Waals surface area contributed by atoms with Crippen LogP contribution in [0.25, 0.3) is 0 Å². The van der Waals surface area contributed by atoms with Gasteiger partial charge in [0.15, 0.2) is 19.0 Å². The molecule has 2 rings (SSSR count). The normalized spacial score (nSPS) is 10.1. The van der Waals surface area contributed by atoms with E-state index in [4.69, 9.17) is 9.47 Å². The second-order valence-electron chi connectivity index (χ2n) is 5.08. The maximum Gasteiger partial charge on any atom is 0.339 e. The first-order valence-corrected chi connectivity index (χ1v) is 7.23. The SMILES string of the molecule is COc1ccccc1CN(C)C(=O)COC(=O)c1cc[n+]([O-])cc1. The van der Waals surface area contributed by atoms with E-state index in [-0.39, 0.29) is 18.1 Å². The van der Waals surface area contributed by atoms with E-state index in [1.54, 1.807) is 14.2 Å². The van der Waals surface area contributed by atoms with Crippen molar-refractivity contribution < 1.29 is 23.8 Å². The van der Waals surface area contributed by atoms with Crippen LogP contribution in [0.15, 0.2) is 48.8 Å². The lowest BCUT2D eigenvalue weighted by molar-refractivity contribution is -0.605. The number of rotatable bonds is 6. The Bertz CT molecular complexity index is 715. The zero-order chi connectivity index (χ0) is 17.5. The second kappa shape index (κ2) is 7.96. The Morgan fingerprint density at radius 2 is 1.83 bits per heavy atom. The minimum atomic E-state index is -0.658. The van der Waals surface area contributed by atoms with Crippen LogP contribution >= 0.6 is 0 Å². The third kappa shape index (κ3) is 4.45. The summed E-state index contributed by atoms with van der Waals surface area (Å²) in [6.45, 7) is -0.0430. The number of para-hydroxylation sites is 1. The van der Waals surface area contributed by atoms with E-state index in [2.05, 4.69) is 0 Å². The third-order valence-electron chi connectivity index (χ3n) is 3.39. The van der Waals surface area contributed by atoms with Gasteiger partial charge in [0.05, 0.1) is 12.7 Å². The summed E-state index contributed by atoms with van der Waals surface area (Å²) in [5, 5.41) is 10.9. The standard InChI is InChI=1S/C17H18N2O5/c1-18(11-14-5-3-4-6-15(14)23-2)16(20)12-24-17(21)13-7-9-19(22)10-8-13/h3-10H,11-12H2,1-2H3. The molecular weight excluding hydrogens is 312 g/mol. The van der Waals surface area contributed by atoms with E-state index < -0.39 is 5.97 Å². The Morgan fingerprint density at radius 1 is 1.17 bits per heavy atom. The van der Waals surface area contributed by atoms with Gasteiger partial charge in [0.2, 0.25) is 0 Å². The Hall–Kier alpha value is -3.09. The molecule has 0 fully saturated rings. The van der Waals surface area contributed by atoms with E-state index in [1.807, 2.05) is 24.3 Å². The average molecular weight is 330 g/mol. The van der Waals surface area contributed by atoms with Crippen LogP contribution in [-0.4, -0.2) is 37.5 Å². The van der Waals surface area contributed by atoms with Crippen LogP contribution in [0.5, 0.6) is 5.75 Å². The minimum Gasteiger partial charge on any atom is -0.619 e. The fraction of sp³-hybridized carbons (Fsp3) is 0.235. The number of ether oxygens (including phenoxy) is 2. The fourth-order valence-electron chi connectivity index (χ4n) is 2.05. The highest BCUT2D eigenvalue weighted by atomic mass is 16.5. The van der Waals surface area contributed by atoms with Crippen LogP contribution in [0, 0.1) is 5.21 Å². The predicted molar refractivity (Wildman–Crippen MR) is 85.2 cm³/mol. The van der Waals surface area contributed by atoms with Crippen molar-refractivity contribution in [1.29, 1.82) is 0 Å². The van der Waals surface area contributed by atoms with Crippen molar-refractivity contribution in [2.75, 3.05) is 20.8 Å². The number of benzene rings is 1. The monoisotopic (exact) mass is 330 g/mol. The number of hydrogen-bond donors (Lipinski definition) is 0. The number of likely N-dealkylation sites (N-methyl/N-ethyl adjacent to an activating group) is 1. The molecule has 0 spiro atoms. The highest BCUT2D eigenvalue weighted by Crippen LogP contribution is 2.18. The van der Waals surface area contributed by atoms with E-state index >= 15 is 0 Å². The molecule has 1 aromatic carbocycles. The Kier molecular flexibility index (Phi) is 5.73. The van der Waals surface area contributed by atoms with Crippen LogP contribution < -0.4 is 9.47 Å². The topological polar surface area (TPSA) is 82.8 Å². The molecule has 24 heavy (non-hydrogen) atoms. The number of amides is 1. The molecule has 0 atom stereocenters.